The molecular formula is C15H14N4O3S2. The Morgan fingerprint density at radius 1 is 1.38 bits per heavy atom. The number of aromatic nitrogens is 3. The second kappa shape index (κ2) is 7.45. The Kier molecular flexibility index (Phi) is 5.11. The zero-order valence-corrected chi connectivity index (χ0v) is 14.1. The number of carboxylic acids is 1. The van der Waals surface area contributed by atoms with Gasteiger partial charge in [-0.2, -0.15) is 0 Å². The summed E-state index contributed by atoms with van der Waals surface area (Å²) >= 11 is 2.57. The van der Waals surface area contributed by atoms with Gasteiger partial charge in [-0.25, -0.2) is 4.79 Å². The zero-order chi connectivity index (χ0) is 16.9. The summed E-state index contributed by atoms with van der Waals surface area (Å²) in [5, 5.41) is 20.4. The molecule has 3 aromatic rings. The van der Waals surface area contributed by atoms with Gasteiger partial charge in [0.15, 0.2) is 4.34 Å². The zero-order valence-electron chi connectivity index (χ0n) is 12.4. The number of carboxylic acid groups (broad SMARTS) is 1. The molecule has 0 bridgehead atoms. The van der Waals surface area contributed by atoms with Gasteiger partial charge in [0, 0.05) is 23.5 Å². The molecule has 0 aliphatic heterocycles. The summed E-state index contributed by atoms with van der Waals surface area (Å²) in [7, 11) is 0. The van der Waals surface area contributed by atoms with Crippen LogP contribution >= 0.6 is 23.1 Å². The summed E-state index contributed by atoms with van der Waals surface area (Å²) in [6, 6.07) is 6.67. The molecule has 0 aliphatic rings. The number of aromatic amines is 1. The fourth-order valence-electron chi connectivity index (χ4n) is 2.31. The molecule has 0 saturated heterocycles. The van der Waals surface area contributed by atoms with Gasteiger partial charge in [0.1, 0.15) is 11.6 Å². The lowest BCUT2D eigenvalue weighted by atomic mass is 10.1. The number of H-pyrrole nitrogens is 1. The molecule has 0 unspecified atom stereocenters. The van der Waals surface area contributed by atoms with Crippen LogP contribution in [0.5, 0.6) is 0 Å². The monoisotopic (exact) mass is 362 g/mol. The van der Waals surface area contributed by atoms with Gasteiger partial charge >= 0.3 is 5.97 Å². The number of aliphatic carboxylic acids is 1. The van der Waals surface area contributed by atoms with Crippen LogP contribution in [-0.4, -0.2) is 44.0 Å². The molecule has 24 heavy (non-hydrogen) atoms. The van der Waals surface area contributed by atoms with Crippen LogP contribution in [0.3, 0.4) is 0 Å². The van der Waals surface area contributed by atoms with Crippen molar-refractivity contribution in [2.75, 3.05) is 5.75 Å². The molecule has 2 aromatic heterocycles. The summed E-state index contributed by atoms with van der Waals surface area (Å²) in [6.45, 7) is 0. The number of nitrogens with one attached hydrogen (secondary N) is 2. The van der Waals surface area contributed by atoms with Crippen molar-refractivity contribution in [3.8, 4) is 0 Å². The molecular weight excluding hydrogens is 348 g/mol. The first-order valence-electron chi connectivity index (χ1n) is 7.09. The molecule has 1 amide bonds. The molecule has 3 N–H and O–H groups in total. The predicted molar refractivity (Wildman–Crippen MR) is 92.2 cm³/mol. The maximum absolute atomic E-state index is 12.0. The Balaban J connectivity index is 1.64. The highest BCUT2D eigenvalue weighted by Crippen LogP contribution is 2.20. The van der Waals surface area contributed by atoms with Crippen LogP contribution < -0.4 is 5.32 Å². The molecule has 0 saturated carbocycles. The number of fused-ring (bicyclic) bond motifs is 1. The highest BCUT2D eigenvalue weighted by Gasteiger charge is 2.22. The van der Waals surface area contributed by atoms with Gasteiger partial charge in [0.2, 0.25) is 5.91 Å². The molecule has 0 aliphatic carbocycles. The van der Waals surface area contributed by atoms with Gasteiger partial charge < -0.3 is 15.4 Å². The van der Waals surface area contributed by atoms with E-state index in [4.69, 9.17) is 0 Å². The van der Waals surface area contributed by atoms with Crippen molar-refractivity contribution in [2.24, 2.45) is 0 Å². The van der Waals surface area contributed by atoms with Gasteiger partial charge in [-0.3, -0.25) is 4.79 Å². The van der Waals surface area contributed by atoms with E-state index in [1.165, 1.54) is 23.1 Å². The van der Waals surface area contributed by atoms with E-state index >= 15 is 0 Å². The Morgan fingerprint density at radius 3 is 2.96 bits per heavy atom. The second-order valence-corrected chi connectivity index (χ2v) is 7.07. The summed E-state index contributed by atoms with van der Waals surface area (Å²) in [6.07, 6.45) is 2.00. The van der Waals surface area contributed by atoms with Gasteiger partial charge in [-0.1, -0.05) is 41.3 Å². The molecule has 3 rings (SSSR count). The summed E-state index contributed by atoms with van der Waals surface area (Å²) < 4.78 is 0.675. The number of hydrogen-bond acceptors (Lipinski definition) is 6. The largest absolute Gasteiger partial charge is 0.480 e. The van der Waals surface area contributed by atoms with E-state index in [0.29, 0.717) is 4.34 Å². The Morgan fingerprint density at radius 2 is 2.21 bits per heavy atom. The smallest absolute Gasteiger partial charge is 0.326 e. The van der Waals surface area contributed by atoms with E-state index in [1.54, 1.807) is 11.7 Å². The summed E-state index contributed by atoms with van der Waals surface area (Å²) in [4.78, 5) is 26.6. The number of para-hydroxylation sites is 1. The number of nitrogens with zero attached hydrogens (tertiary/aromatic N) is 2. The van der Waals surface area contributed by atoms with Crippen LogP contribution in [-0.2, 0) is 16.0 Å². The minimum atomic E-state index is -1.06. The average Bonchev–Trinajstić information content (AvgIpc) is 3.22. The van der Waals surface area contributed by atoms with E-state index < -0.39 is 12.0 Å². The third-order valence-electron chi connectivity index (χ3n) is 3.40. The summed E-state index contributed by atoms with van der Waals surface area (Å²) in [5.74, 6) is -1.30. The molecule has 7 nitrogen and oxygen atoms in total. The first kappa shape index (κ1) is 16.5. The number of benzene rings is 1. The van der Waals surface area contributed by atoms with Crippen LogP contribution in [0.2, 0.25) is 0 Å². The number of thioether (sulfide) groups is 1. The maximum Gasteiger partial charge on any atom is 0.326 e. The molecule has 0 spiro atoms. The van der Waals surface area contributed by atoms with Crippen molar-refractivity contribution in [1.82, 2.24) is 20.5 Å². The lowest BCUT2D eigenvalue weighted by molar-refractivity contribution is -0.141. The molecule has 0 radical (unpaired) electrons. The number of carbonyl (C=O) groups excluding carboxylic acids is 1. The molecule has 1 aromatic carbocycles. The van der Waals surface area contributed by atoms with Gasteiger partial charge in [-0.05, 0) is 11.6 Å². The minimum absolute atomic E-state index is 0.104. The number of rotatable bonds is 7. The predicted octanol–water partition coefficient (Wildman–Crippen LogP) is 1.92. The Labute approximate surface area is 145 Å². The van der Waals surface area contributed by atoms with E-state index in [-0.39, 0.29) is 18.1 Å². The number of amides is 1. The molecule has 1 atom stereocenters. The first-order chi connectivity index (χ1) is 11.6. The molecule has 124 valence electrons. The third-order valence-corrected chi connectivity index (χ3v) is 5.26. The quantitative estimate of drug-likeness (QED) is 0.554. The first-order valence-corrected chi connectivity index (χ1v) is 8.96. The fraction of sp³-hybridized carbons (Fsp3) is 0.200. The van der Waals surface area contributed by atoms with Crippen LogP contribution in [0, 0.1) is 0 Å². The maximum atomic E-state index is 12.0. The lowest BCUT2D eigenvalue weighted by Gasteiger charge is -2.13. The third kappa shape index (κ3) is 3.92. The van der Waals surface area contributed by atoms with Crippen LogP contribution in [0.15, 0.2) is 40.3 Å². The van der Waals surface area contributed by atoms with Crippen molar-refractivity contribution in [3.05, 3.63) is 41.5 Å². The molecule has 9 heteroatoms. The van der Waals surface area contributed by atoms with E-state index in [2.05, 4.69) is 20.5 Å². The number of hydrogen-bond donors (Lipinski definition) is 3. The van der Waals surface area contributed by atoms with Gasteiger partial charge in [0.05, 0.1) is 5.75 Å². The SMILES string of the molecule is O=C(CSc1nncs1)N[C@@H](Cc1c[nH]c2ccccc12)C(=O)O. The fourth-order valence-corrected chi connectivity index (χ4v) is 3.61. The summed E-state index contributed by atoms with van der Waals surface area (Å²) in [5.41, 5.74) is 3.38. The Hall–Kier alpha value is -2.39. The van der Waals surface area contributed by atoms with Gasteiger partial charge in [-0.15, -0.1) is 10.2 Å². The Bertz CT molecular complexity index is 847. The van der Waals surface area contributed by atoms with Crippen molar-refractivity contribution in [2.45, 2.75) is 16.8 Å². The minimum Gasteiger partial charge on any atom is -0.480 e. The van der Waals surface area contributed by atoms with Crippen LogP contribution in [0.1, 0.15) is 5.56 Å². The highest BCUT2D eigenvalue weighted by molar-refractivity contribution is 8.01. The molecule has 2 heterocycles. The van der Waals surface area contributed by atoms with E-state index in [0.717, 1.165) is 16.5 Å². The van der Waals surface area contributed by atoms with Crippen molar-refractivity contribution < 1.29 is 14.7 Å². The highest BCUT2D eigenvalue weighted by atomic mass is 32.2. The van der Waals surface area contributed by atoms with Crippen molar-refractivity contribution in [1.29, 1.82) is 0 Å². The number of carbonyl (C=O) groups is 2. The van der Waals surface area contributed by atoms with Crippen molar-refractivity contribution in [3.63, 3.8) is 0 Å². The van der Waals surface area contributed by atoms with E-state index in [1.807, 2.05) is 24.3 Å². The van der Waals surface area contributed by atoms with E-state index in [9.17, 15) is 14.7 Å². The average molecular weight is 362 g/mol. The molecule has 0 fully saturated rings. The lowest BCUT2D eigenvalue weighted by Crippen LogP contribution is -2.43. The standard InChI is InChI=1S/C15H14N4O3S2/c20-13(7-23-15-19-17-8-24-15)18-12(14(21)22)5-9-6-16-11-4-2-1-3-10(9)11/h1-4,6,8,12,16H,5,7H2,(H,18,20)(H,21,22)/t12-/m0/s1. The normalized spacial score (nSPS) is 12.2. The van der Waals surface area contributed by atoms with Gasteiger partial charge in [0.25, 0.3) is 0 Å². The van der Waals surface area contributed by atoms with Crippen LogP contribution in [0.4, 0.5) is 0 Å². The van der Waals surface area contributed by atoms with Crippen molar-refractivity contribution >= 4 is 45.9 Å². The topological polar surface area (TPSA) is 108 Å². The van der Waals surface area contributed by atoms with Crippen LogP contribution in [0.25, 0.3) is 10.9 Å². The second-order valence-electron chi connectivity index (χ2n) is 5.02.